The third-order valence-corrected chi connectivity index (χ3v) is 4.00. The average molecular weight is 290 g/mol. The van der Waals surface area contributed by atoms with Crippen LogP contribution in [0.4, 0.5) is 0 Å². The predicted octanol–water partition coefficient (Wildman–Crippen LogP) is 6.93. The van der Waals surface area contributed by atoms with Crippen LogP contribution in [0.15, 0.2) is 60.7 Å². The fourth-order valence-corrected chi connectivity index (χ4v) is 2.45. The summed E-state index contributed by atoms with van der Waals surface area (Å²) in [6.45, 7) is 8.65. The molecule has 0 aliphatic heterocycles. The molecule has 114 valence electrons. The summed E-state index contributed by atoms with van der Waals surface area (Å²) in [6, 6.07) is 21.8. The van der Waals surface area contributed by atoms with Crippen LogP contribution in [0.5, 0.6) is 0 Å². The van der Waals surface area contributed by atoms with Gasteiger partial charge >= 0.3 is 0 Å². The molecule has 0 atom stereocenters. The molecule has 3 rings (SSSR count). The molecular weight excluding hydrogens is 264 g/mol. The van der Waals surface area contributed by atoms with Gasteiger partial charge in [-0.2, -0.15) is 0 Å². The molecule has 0 fully saturated rings. The van der Waals surface area contributed by atoms with Gasteiger partial charge in [0.1, 0.15) is 0 Å². The van der Waals surface area contributed by atoms with E-state index in [1.54, 1.807) is 0 Å². The molecule has 0 nitrogen and oxygen atoms in total. The predicted molar refractivity (Wildman–Crippen MR) is 99.4 cm³/mol. The third-order valence-electron chi connectivity index (χ3n) is 4.00. The van der Waals surface area contributed by atoms with Gasteiger partial charge in [-0.3, -0.25) is 0 Å². The van der Waals surface area contributed by atoms with Crippen LogP contribution in [-0.4, -0.2) is 0 Å². The second-order valence-electron chi connectivity index (χ2n) is 5.84. The van der Waals surface area contributed by atoms with Crippen LogP contribution in [0.2, 0.25) is 0 Å². The van der Waals surface area contributed by atoms with E-state index in [4.69, 9.17) is 0 Å². The molecule has 0 N–H and O–H groups in total. The zero-order valence-electron chi connectivity index (χ0n) is 14.2. The van der Waals surface area contributed by atoms with E-state index < -0.39 is 0 Å². The van der Waals surface area contributed by atoms with E-state index in [0.29, 0.717) is 0 Å². The van der Waals surface area contributed by atoms with Crippen molar-refractivity contribution in [3.63, 3.8) is 0 Å². The minimum Gasteiger partial charge on any atom is -0.0654 e. The Morgan fingerprint density at radius 2 is 1.23 bits per heavy atom. The Labute approximate surface area is 134 Å². The first-order valence-electron chi connectivity index (χ1n) is 8.22. The molecule has 0 aliphatic carbocycles. The number of rotatable bonds is 2. The number of aryl methyl sites for hydroxylation is 2. The third kappa shape index (κ3) is 3.76. The van der Waals surface area contributed by atoms with Crippen molar-refractivity contribution in [2.75, 3.05) is 0 Å². The number of unbranched alkanes of at least 4 members (excludes halogenated alkanes) is 1. The van der Waals surface area contributed by atoms with Crippen molar-refractivity contribution in [2.45, 2.75) is 40.5 Å². The van der Waals surface area contributed by atoms with E-state index in [9.17, 15) is 0 Å². The summed E-state index contributed by atoms with van der Waals surface area (Å²) in [5.74, 6) is 0. The largest absolute Gasteiger partial charge is 0.0654 e. The lowest BCUT2D eigenvalue weighted by molar-refractivity contribution is 0.886. The van der Waals surface area contributed by atoms with Gasteiger partial charge in [0.05, 0.1) is 0 Å². The zero-order chi connectivity index (χ0) is 15.9. The molecule has 0 saturated heterocycles. The van der Waals surface area contributed by atoms with E-state index in [-0.39, 0.29) is 0 Å². The molecule has 0 bridgehead atoms. The standard InChI is InChI=1S/C18H16.C4H10/c1-13-9-11-15(12-10-13)17-7-4-6-16-14(2)5-3-8-18(16)17;1-3-4-2/h3-12H,1-2H3;3-4H2,1-2H3. The van der Waals surface area contributed by atoms with Crippen molar-refractivity contribution < 1.29 is 0 Å². The summed E-state index contributed by atoms with van der Waals surface area (Å²) in [6.07, 6.45) is 2.64. The van der Waals surface area contributed by atoms with Crippen LogP contribution in [0.1, 0.15) is 37.8 Å². The van der Waals surface area contributed by atoms with Gasteiger partial charge in [-0.15, -0.1) is 0 Å². The highest BCUT2D eigenvalue weighted by atomic mass is 14.1. The van der Waals surface area contributed by atoms with Crippen molar-refractivity contribution in [2.24, 2.45) is 0 Å². The lowest BCUT2D eigenvalue weighted by Gasteiger charge is -2.09. The van der Waals surface area contributed by atoms with Crippen LogP contribution in [0, 0.1) is 13.8 Å². The first kappa shape index (κ1) is 16.3. The summed E-state index contributed by atoms with van der Waals surface area (Å²) >= 11 is 0. The Morgan fingerprint density at radius 1 is 0.636 bits per heavy atom. The van der Waals surface area contributed by atoms with Crippen molar-refractivity contribution >= 4 is 10.8 Å². The molecule has 0 spiro atoms. The molecular formula is C22H26. The van der Waals surface area contributed by atoms with Gasteiger partial charge in [0.2, 0.25) is 0 Å². The van der Waals surface area contributed by atoms with Gasteiger partial charge in [-0.25, -0.2) is 0 Å². The molecule has 0 aliphatic rings. The SMILES string of the molecule is CCCC.Cc1ccc(-c2cccc3c(C)cccc23)cc1. The fraction of sp³-hybridized carbons (Fsp3) is 0.273. The van der Waals surface area contributed by atoms with E-state index >= 15 is 0 Å². The highest BCUT2D eigenvalue weighted by molar-refractivity contribution is 5.98. The first-order valence-corrected chi connectivity index (χ1v) is 8.22. The lowest BCUT2D eigenvalue weighted by Crippen LogP contribution is -1.84. The van der Waals surface area contributed by atoms with E-state index in [0.717, 1.165) is 0 Å². The molecule has 0 heteroatoms. The Morgan fingerprint density at radius 3 is 1.86 bits per heavy atom. The molecule has 22 heavy (non-hydrogen) atoms. The van der Waals surface area contributed by atoms with Crippen LogP contribution < -0.4 is 0 Å². The summed E-state index contributed by atoms with van der Waals surface area (Å²) < 4.78 is 0. The second-order valence-corrected chi connectivity index (χ2v) is 5.84. The minimum absolute atomic E-state index is 1.29. The van der Waals surface area contributed by atoms with Crippen LogP contribution in [0.25, 0.3) is 21.9 Å². The number of fused-ring (bicyclic) bond motifs is 1. The smallest absolute Gasteiger partial charge is 0.0103 e. The Hall–Kier alpha value is -2.08. The van der Waals surface area contributed by atoms with Gasteiger partial charge in [0, 0.05) is 0 Å². The normalized spacial score (nSPS) is 10.2. The Balaban J connectivity index is 0.000000396. The van der Waals surface area contributed by atoms with Crippen molar-refractivity contribution in [3.05, 3.63) is 71.8 Å². The zero-order valence-corrected chi connectivity index (χ0v) is 14.2. The molecule has 0 unspecified atom stereocenters. The quantitative estimate of drug-likeness (QED) is 0.480. The van der Waals surface area contributed by atoms with Crippen LogP contribution in [-0.2, 0) is 0 Å². The topological polar surface area (TPSA) is 0 Å². The molecule has 3 aromatic carbocycles. The van der Waals surface area contributed by atoms with Gasteiger partial charge in [-0.05, 0) is 41.3 Å². The lowest BCUT2D eigenvalue weighted by atomic mass is 9.96. The second kappa shape index (κ2) is 7.79. The summed E-state index contributed by atoms with van der Waals surface area (Å²) in [5, 5.41) is 2.68. The van der Waals surface area contributed by atoms with Crippen molar-refractivity contribution in [1.82, 2.24) is 0 Å². The summed E-state index contributed by atoms with van der Waals surface area (Å²) in [7, 11) is 0. The molecule has 3 aromatic rings. The van der Waals surface area contributed by atoms with Gasteiger partial charge < -0.3 is 0 Å². The van der Waals surface area contributed by atoms with Crippen LogP contribution >= 0.6 is 0 Å². The van der Waals surface area contributed by atoms with Crippen LogP contribution in [0.3, 0.4) is 0 Å². The van der Waals surface area contributed by atoms with Crippen molar-refractivity contribution in [3.8, 4) is 11.1 Å². The highest BCUT2D eigenvalue weighted by Gasteiger charge is 2.04. The summed E-state index contributed by atoms with van der Waals surface area (Å²) in [4.78, 5) is 0. The minimum atomic E-state index is 1.29. The molecule has 0 radical (unpaired) electrons. The number of benzene rings is 3. The van der Waals surface area contributed by atoms with Gasteiger partial charge in [0.25, 0.3) is 0 Å². The molecule has 0 amide bonds. The maximum atomic E-state index is 2.21. The van der Waals surface area contributed by atoms with E-state index in [2.05, 4.69) is 88.4 Å². The van der Waals surface area contributed by atoms with Gasteiger partial charge in [0.15, 0.2) is 0 Å². The highest BCUT2D eigenvalue weighted by Crippen LogP contribution is 2.30. The van der Waals surface area contributed by atoms with E-state index in [1.165, 1.54) is 45.9 Å². The fourth-order valence-electron chi connectivity index (χ4n) is 2.45. The van der Waals surface area contributed by atoms with Crippen molar-refractivity contribution in [1.29, 1.82) is 0 Å². The van der Waals surface area contributed by atoms with Gasteiger partial charge in [-0.1, -0.05) is 92.9 Å². The number of hydrogen-bond acceptors (Lipinski definition) is 0. The molecule has 0 aromatic heterocycles. The first-order chi connectivity index (χ1) is 10.7. The maximum Gasteiger partial charge on any atom is -0.0103 e. The molecule has 0 heterocycles. The number of hydrogen-bond donors (Lipinski definition) is 0. The maximum absolute atomic E-state index is 2.21. The Bertz CT molecular complexity index is 719. The molecule has 0 saturated carbocycles. The Kier molecular flexibility index (Phi) is 5.77. The monoisotopic (exact) mass is 290 g/mol. The summed E-state index contributed by atoms with van der Waals surface area (Å²) in [5.41, 5.74) is 5.24. The average Bonchev–Trinajstić information content (AvgIpc) is 2.56. The van der Waals surface area contributed by atoms with E-state index in [1.807, 2.05) is 0 Å².